The van der Waals surface area contributed by atoms with Crippen LogP contribution in [0.3, 0.4) is 0 Å². The van der Waals surface area contributed by atoms with Crippen LogP contribution in [0.15, 0.2) is 42.5 Å². The van der Waals surface area contributed by atoms with Crippen LogP contribution in [0.5, 0.6) is 11.5 Å². The predicted octanol–water partition coefficient (Wildman–Crippen LogP) is 2.65. The Labute approximate surface area is 204 Å². The summed E-state index contributed by atoms with van der Waals surface area (Å²) >= 11 is 0. The minimum Gasteiger partial charge on any atom is -0.454 e. The third kappa shape index (κ3) is 6.41. The molecule has 0 aromatic heterocycles. The summed E-state index contributed by atoms with van der Waals surface area (Å²) in [5.74, 6) is -0.792. The molecule has 0 fully saturated rings. The number of anilines is 1. The van der Waals surface area contributed by atoms with Crippen molar-refractivity contribution in [1.29, 1.82) is 0 Å². The number of carbonyl (C=O) groups is 2. The first-order valence-corrected chi connectivity index (χ1v) is 12.9. The molecule has 1 unspecified atom stereocenters. The number of fused-ring (bicyclic) bond motifs is 1. The van der Waals surface area contributed by atoms with E-state index in [0.717, 1.165) is 4.31 Å². The van der Waals surface area contributed by atoms with Gasteiger partial charge in [-0.2, -0.15) is 0 Å². The molecule has 0 saturated heterocycles. The van der Waals surface area contributed by atoms with Crippen molar-refractivity contribution in [3.8, 4) is 11.5 Å². The number of hydrogen-bond donors (Lipinski definition) is 1. The molecule has 190 valence electrons. The van der Waals surface area contributed by atoms with Gasteiger partial charge in [0.2, 0.25) is 28.6 Å². The Morgan fingerprint density at radius 2 is 1.71 bits per heavy atom. The fourth-order valence-corrected chi connectivity index (χ4v) is 4.59. The lowest BCUT2D eigenvalue weighted by molar-refractivity contribution is -0.139. The molecule has 0 radical (unpaired) electrons. The highest BCUT2D eigenvalue weighted by Gasteiger charge is 2.31. The topological polar surface area (TPSA) is 105 Å². The number of carbonyl (C=O) groups excluding carboxylic acids is 2. The maximum Gasteiger partial charge on any atom is 0.244 e. The number of sulfonamides is 1. The third-order valence-electron chi connectivity index (χ3n) is 5.49. The Bertz CT molecular complexity index is 1170. The standard InChI is InChI=1S/C24H30FN3O6S/c1-5-35(31,32)28(20-10-11-21-22(12-20)34-15-33-21)14-23(29)27(17(4)24(30)26-16(2)3)13-18-6-8-19(25)9-7-18/h6-12,16-17H,5,13-15H2,1-4H3,(H,26,30). The second-order valence-electron chi connectivity index (χ2n) is 8.43. The SMILES string of the molecule is CCS(=O)(=O)N(CC(=O)N(Cc1ccc(F)cc1)C(C)C(=O)NC(C)C)c1ccc2c(c1)OCO2. The number of benzene rings is 2. The van der Waals surface area contributed by atoms with E-state index in [-0.39, 0.29) is 36.7 Å². The van der Waals surface area contributed by atoms with Crippen molar-refractivity contribution >= 4 is 27.5 Å². The number of hydrogen-bond acceptors (Lipinski definition) is 6. The molecule has 11 heteroatoms. The molecule has 1 N–H and O–H groups in total. The first kappa shape index (κ1) is 26.3. The van der Waals surface area contributed by atoms with Crippen LogP contribution in [0.4, 0.5) is 10.1 Å². The van der Waals surface area contributed by atoms with Crippen LogP contribution in [-0.4, -0.2) is 56.3 Å². The van der Waals surface area contributed by atoms with Crippen LogP contribution in [0.1, 0.15) is 33.3 Å². The van der Waals surface area contributed by atoms with Gasteiger partial charge in [0.1, 0.15) is 18.4 Å². The Balaban J connectivity index is 1.93. The summed E-state index contributed by atoms with van der Waals surface area (Å²) in [6.45, 7) is 6.13. The molecule has 1 heterocycles. The molecule has 1 atom stereocenters. The largest absolute Gasteiger partial charge is 0.454 e. The summed E-state index contributed by atoms with van der Waals surface area (Å²) < 4.78 is 51.0. The van der Waals surface area contributed by atoms with E-state index in [1.54, 1.807) is 26.8 Å². The zero-order valence-corrected chi connectivity index (χ0v) is 21.0. The van der Waals surface area contributed by atoms with Gasteiger partial charge >= 0.3 is 0 Å². The van der Waals surface area contributed by atoms with E-state index in [2.05, 4.69) is 5.32 Å². The second kappa shape index (κ2) is 10.9. The summed E-state index contributed by atoms with van der Waals surface area (Å²) in [5, 5.41) is 2.77. The van der Waals surface area contributed by atoms with Gasteiger partial charge in [-0.05, 0) is 57.5 Å². The zero-order chi connectivity index (χ0) is 25.8. The van der Waals surface area contributed by atoms with Crippen LogP contribution >= 0.6 is 0 Å². The van der Waals surface area contributed by atoms with Crippen molar-refractivity contribution in [3.63, 3.8) is 0 Å². The quantitative estimate of drug-likeness (QED) is 0.530. The van der Waals surface area contributed by atoms with Gasteiger partial charge in [-0.15, -0.1) is 0 Å². The number of halogens is 1. The van der Waals surface area contributed by atoms with Crippen LogP contribution in [0, 0.1) is 5.82 Å². The van der Waals surface area contributed by atoms with E-state index in [1.165, 1.54) is 48.2 Å². The van der Waals surface area contributed by atoms with Gasteiger partial charge < -0.3 is 19.7 Å². The lowest BCUT2D eigenvalue weighted by atomic mass is 10.1. The Morgan fingerprint density at radius 1 is 1.06 bits per heavy atom. The smallest absolute Gasteiger partial charge is 0.244 e. The molecule has 0 spiro atoms. The van der Waals surface area contributed by atoms with Crippen molar-refractivity contribution in [2.75, 3.05) is 23.4 Å². The summed E-state index contributed by atoms with van der Waals surface area (Å²) in [6, 6.07) is 9.11. The maximum atomic E-state index is 13.5. The van der Waals surface area contributed by atoms with E-state index in [0.29, 0.717) is 17.1 Å². The molecule has 2 aromatic rings. The summed E-state index contributed by atoms with van der Waals surface area (Å²) in [4.78, 5) is 27.6. The van der Waals surface area contributed by atoms with Gasteiger partial charge in [-0.1, -0.05) is 12.1 Å². The molecule has 0 aliphatic carbocycles. The van der Waals surface area contributed by atoms with Crippen molar-refractivity contribution in [1.82, 2.24) is 10.2 Å². The Hall–Kier alpha value is -3.34. The summed E-state index contributed by atoms with van der Waals surface area (Å²) in [7, 11) is -3.86. The fourth-order valence-electron chi connectivity index (χ4n) is 3.53. The molecule has 9 nitrogen and oxygen atoms in total. The van der Waals surface area contributed by atoms with E-state index in [1.807, 2.05) is 0 Å². The zero-order valence-electron chi connectivity index (χ0n) is 20.2. The van der Waals surface area contributed by atoms with E-state index < -0.39 is 34.3 Å². The van der Waals surface area contributed by atoms with Gasteiger partial charge in [-0.3, -0.25) is 13.9 Å². The van der Waals surface area contributed by atoms with Crippen molar-refractivity contribution in [3.05, 3.63) is 53.8 Å². The number of nitrogens with one attached hydrogen (secondary N) is 1. The monoisotopic (exact) mass is 507 g/mol. The average Bonchev–Trinajstić information content (AvgIpc) is 3.29. The first-order chi connectivity index (χ1) is 16.5. The molecular weight excluding hydrogens is 477 g/mol. The lowest BCUT2D eigenvalue weighted by Gasteiger charge is -2.32. The highest BCUT2D eigenvalue weighted by molar-refractivity contribution is 7.92. The fraction of sp³-hybridized carbons (Fsp3) is 0.417. The predicted molar refractivity (Wildman–Crippen MR) is 129 cm³/mol. The van der Waals surface area contributed by atoms with Gasteiger partial charge in [0.15, 0.2) is 11.5 Å². The second-order valence-corrected chi connectivity index (χ2v) is 10.6. The van der Waals surface area contributed by atoms with Crippen LogP contribution in [-0.2, 0) is 26.2 Å². The molecule has 35 heavy (non-hydrogen) atoms. The van der Waals surface area contributed by atoms with Gasteiger partial charge in [0.25, 0.3) is 0 Å². The van der Waals surface area contributed by atoms with E-state index >= 15 is 0 Å². The summed E-state index contributed by atoms with van der Waals surface area (Å²) in [6.07, 6.45) is 0. The van der Waals surface area contributed by atoms with Crippen molar-refractivity contribution in [2.24, 2.45) is 0 Å². The van der Waals surface area contributed by atoms with Gasteiger partial charge in [0.05, 0.1) is 11.4 Å². The molecule has 1 aliphatic heterocycles. The number of ether oxygens (including phenoxy) is 2. The molecule has 2 aromatic carbocycles. The average molecular weight is 508 g/mol. The van der Waals surface area contributed by atoms with Crippen LogP contribution in [0.25, 0.3) is 0 Å². The summed E-state index contributed by atoms with van der Waals surface area (Å²) in [5.41, 5.74) is 0.836. The highest BCUT2D eigenvalue weighted by Crippen LogP contribution is 2.36. The first-order valence-electron chi connectivity index (χ1n) is 11.3. The molecule has 3 rings (SSSR count). The minimum atomic E-state index is -3.86. The van der Waals surface area contributed by atoms with Gasteiger partial charge in [-0.25, -0.2) is 12.8 Å². The maximum absolute atomic E-state index is 13.5. The molecule has 0 bridgehead atoms. The Kier molecular flexibility index (Phi) is 8.21. The lowest BCUT2D eigenvalue weighted by Crippen LogP contribution is -2.52. The van der Waals surface area contributed by atoms with Crippen molar-refractivity contribution < 1.29 is 31.9 Å². The number of rotatable bonds is 10. The molecule has 2 amide bonds. The van der Waals surface area contributed by atoms with Crippen LogP contribution < -0.4 is 19.1 Å². The normalized spacial score (nSPS) is 13.4. The molecule has 0 saturated carbocycles. The van der Waals surface area contributed by atoms with E-state index in [9.17, 15) is 22.4 Å². The third-order valence-corrected chi connectivity index (χ3v) is 7.23. The van der Waals surface area contributed by atoms with Gasteiger partial charge in [0, 0.05) is 18.7 Å². The highest BCUT2D eigenvalue weighted by atomic mass is 32.2. The number of amides is 2. The minimum absolute atomic E-state index is 0.00700. The molecule has 1 aliphatic rings. The van der Waals surface area contributed by atoms with Crippen molar-refractivity contribution in [2.45, 2.75) is 46.3 Å². The van der Waals surface area contributed by atoms with Crippen LogP contribution in [0.2, 0.25) is 0 Å². The Morgan fingerprint density at radius 3 is 2.34 bits per heavy atom. The van der Waals surface area contributed by atoms with E-state index in [4.69, 9.17) is 9.47 Å². The molecular formula is C24H30FN3O6S. The number of nitrogens with zero attached hydrogens (tertiary/aromatic N) is 2.